The van der Waals surface area contributed by atoms with Crippen molar-refractivity contribution < 1.29 is 9.52 Å². The molecule has 0 spiro atoms. The lowest BCUT2D eigenvalue weighted by atomic mass is 9.54. The van der Waals surface area contributed by atoms with Gasteiger partial charge in [0.1, 0.15) is 11.3 Å². The molecule has 1 N–H and O–H groups in total. The first-order valence-electron chi connectivity index (χ1n) is 8.53. The van der Waals surface area contributed by atoms with Gasteiger partial charge in [-0.05, 0) is 67.9 Å². The smallest absolute Gasteiger partial charge is 0.199 e. The molecule has 6 rings (SSSR count). The van der Waals surface area contributed by atoms with E-state index in [0.29, 0.717) is 5.58 Å². The summed E-state index contributed by atoms with van der Waals surface area (Å²) in [5.41, 5.74) is 3.20. The summed E-state index contributed by atoms with van der Waals surface area (Å²) < 4.78 is 5.78. The van der Waals surface area contributed by atoms with Crippen molar-refractivity contribution in [3.8, 4) is 5.75 Å². The molecule has 1 aromatic carbocycles. The van der Waals surface area contributed by atoms with Gasteiger partial charge in [-0.2, -0.15) is 0 Å². The Morgan fingerprint density at radius 1 is 1.09 bits per heavy atom. The van der Waals surface area contributed by atoms with E-state index in [1.165, 1.54) is 32.1 Å². The number of aromatic nitrogens is 1. The minimum atomic E-state index is 0.231. The van der Waals surface area contributed by atoms with Gasteiger partial charge in [0.05, 0.1) is 0 Å². The first-order chi connectivity index (χ1) is 10.7. The highest BCUT2D eigenvalue weighted by Gasteiger charge is 2.44. The number of hydrogen-bond donors (Lipinski definition) is 1. The molecule has 3 heteroatoms. The first-order valence-corrected chi connectivity index (χ1v) is 8.53. The largest absolute Gasteiger partial charge is 0.508 e. The Balaban J connectivity index is 1.41. The third-order valence-electron chi connectivity index (χ3n) is 6.01. The number of aromatic hydroxyl groups is 1. The summed E-state index contributed by atoms with van der Waals surface area (Å²) in [7, 11) is 0. The van der Waals surface area contributed by atoms with E-state index in [1.54, 1.807) is 17.7 Å². The predicted molar refractivity (Wildman–Crippen MR) is 84.5 cm³/mol. The van der Waals surface area contributed by atoms with Crippen molar-refractivity contribution in [2.75, 3.05) is 0 Å². The summed E-state index contributed by atoms with van der Waals surface area (Å²) in [5, 5.41) is 9.51. The van der Waals surface area contributed by atoms with Crippen LogP contribution in [0.25, 0.3) is 11.1 Å². The molecule has 2 aromatic rings. The first kappa shape index (κ1) is 12.7. The molecule has 22 heavy (non-hydrogen) atoms. The molecule has 4 bridgehead atoms. The molecule has 1 aromatic heterocycles. The minimum Gasteiger partial charge on any atom is -0.508 e. The Bertz CT molecular complexity index is 728. The number of benzene rings is 1. The molecule has 1 heterocycles. The lowest BCUT2D eigenvalue weighted by Gasteiger charge is -2.51. The van der Waals surface area contributed by atoms with Crippen LogP contribution in [0.15, 0.2) is 34.3 Å². The van der Waals surface area contributed by atoms with Crippen LogP contribution in [0.2, 0.25) is 0 Å². The lowest BCUT2D eigenvalue weighted by molar-refractivity contribution is 0.0693. The zero-order valence-corrected chi connectivity index (χ0v) is 12.7. The number of oxazole rings is 1. The maximum absolute atomic E-state index is 9.51. The van der Waals surface area contributed by atoms with Crippen molar-refractivity contribution in [1.82, 2.24) is 4.98 Å². The Morgan fingerprint density at radius 2 is 1.82 bits per heavy atom. The molecule has 4 aliphatic rings. The predicted octanol–water partition coefficient (Wildman–Crippen LogP) is 4.46. The molecule has 4 aliphatic carbocycles. The standard InChI is InChI=1S/C19H21NO2/c21-15-1-3-17-18(10-15)22-19(20-17)4-2-16-13-6-11-5-12(8-13)9-14(16)7-11/h1-3,10-14,21H,4-9H2. The minimum absolute atomic E-state index is 0.231. The molecule has 114 valence electrons. The zero-order valence-electron chi connectivity index (χ0n) is 12.7. The molecule has 0 saturated heterocycles. The third kappa shape index (κ3) is 1.98. The van der Waals surface area contributed by atoms with Gasteiger partial charge in [-0.3, -0.25) is 0 Å². The van der Waals surface area contributed by atoms with Gasteiger partial charge in [-0.15, -0.1) is 0 Å². The van der Waals surface area contributed by atoms with Gasteiger partial charge < -0.3 is 9.52 Å². The number of rotatable bonds is 2. The van der Waals surface area contributed by atoms with Gasteiger partial charge in [-0.25, -0.2) is 4.98 Å². The van der Waals surface area contributed by atoms with Gasteiger partial charge in [0, 0.05) is 12.5 Å². The summed E-state index contributed by atoms with van der Waals surface area (Å²) in [6.07, 6.45) is 10.3. The molecule has 3 nitrogen and oxygen atoms in total. The number of hydrogen-bond acceptors (Lipinski definition) is 3. The van der Waals surface area contributed by atoms with E-state index < -0.39 is 0 Å². The van der Waals surface area contributed by atoms with Crippen molar-refractivity contribution in [3.63, 3.8) is 0 Å². The van der Waals surface area contributed by atoms with E-state index in [9.17, 15) is 5.11 Å². The maximum atomic E-state index is 9.51. The Morgan fingerprint density at radius 3 is 2.55 bits per heavy atom. The molecule has 0 amide bonds. The maximum Gasteiger partial charge on any atom is 0.199 e. The van der Waals surface area contributed by atoms with Crippen LogP contribution in [0.3, 0.4) is 0 Å². The van der Waals surface area contributed by atoms with Crippen LogP contribution in [-0.4, -0.2) is 10.1 Å². The fraction of sp³-hybridized carbons (Fsp3) is 0.526. The van der Waals surface area contributed by atoms with Crippen LogP contribution in [-0.2, 0) is 6.42 Å². The second-order valence-electron chi connectivity index (χ2n) is 7.47. The lowest BCUT2D eigenvalue weighted by Crippen LogP contribution is -2.40. The van der Waals surface area contributed by atoms with Crippen LogP contribution in [0.1, 0.15) is 38.0 Å². The summed E-state index contributed by atoms with van der Waals surface area (Å²) >= 11 is 0. The van der Waals surface area contributed by atoms with Crippen LogP contribution < -0.4 is 0 Å². The molecule has 0 aliphatic heterocycles. The van der Waals surface area contributed by atoms with Gasteiger partial charge in [0.2, 0.25) is 0 Å². The van der Waals surface area contributed by atoms with E-state index >= 15 is 0 Å². The highest BCUT2D eigenvalue weighted by molar-refractivity contribution is 5.74. The van der Waals surface area contributed by atoms with E-state index in [2.05, 4.69) is 11.1 Å². The van der Waals surface area contributed by atoms with Gasteiger partial charge in [-0.1, -0.05) is 11.6 Å². The number of allylic oxidation sites excluding steroid dienone is 2. The van der Waals surface area contributed by atoms with Gasteiger partial charge in [0.15, 0.2) is 11.5 Å². The highest BCUT2D eigenvalue weighted by Crippen LogP contribution is 2.56. The van der Waals surface area contributed by atoms with Crippen molar-refractivity contribution in [3.05, 3.63) is 35.7 Å². The summed E-state index contributed by atoms with van der Waals surface area (Å²) in [6.45, 7) is 0. The normalized spacial score (nSPS) is 32.8. The van der Waals surface area contributed by atoms with Gasteiger partial charge >= 0.3 is 0 Å². The van der Waals surface area contributed by atoms with E-state index in [1.807, 2.05) is 6.07 Å². The summed E-state index contributed by atoms with van der Waals surface area (Å²) in [6, 6.07) is 5.11. The number of phenolic OH excluding ortho intramolecular Hbond substituents is 1. The molecular weight excluding hydrogens is 274 g/mol. The van der Waals surface area contributed by atoms with Crippen molar-refractivity contribution in [2.24, 2.45) is 23.7 Å². The Kier molecular flexibility index (Phi) is 2.67. The number of phenols is 1. The summed E-state index contributed by atoms with van der Waals surface area (Å²) in [4.78, 5) is 4.53. The molecule has 4 saturated carbocycles. The highest BCUT2D eigenvalue weighted by atomic mass is 16.3. The Labute approximate surface area is 130 Å². The topological polar surface area (TPSA) is 46.3 Å². The average Bonchev–Trinajstić information content (AvgIpc) is 2.87. The van der Waals surface area contributed by atoms with Crippen molar-refractivity contribution in [1.29, 1.82) is 0 Å². The molecule has 0 unspecified atom stereocenters. The Hall–Kier alpha value is -1.77. The third-order valence-corrected chi connectivity index (χ3v) is 6.01. The SMILES string of the molecule is Oc1ccc2nc(CC=C3C4CC5CC(C4)CC3C5)oc2c1. The van der Waals surface area contributed by atoms with Crippen LogP contribution >= 0.6 is 0 Å². The van der Waals surface area contributed by atoms with E-state index in [0.717, 1.165) is 41.5 Å². The number of nitrogens with zero attached hydrogens (tertiary/aromatic N) is 1. The summed E-state index contributed by atoms with van der Waals surface area (Å²) in [5.74, 6) is 4.68. The molecule has 0 atom stereocenters. The molecular formula is C19H21NO2. The van der Waals surface area contributed by atoms with Gasteiger partial charge in [0.25, 0.3) is 0 Å². The monoisotopic (exact) mass is 295 g/mol. The van der Waals surface area contributed by atoms with Crippen molar-refractivity contribution >= 4 is 11.1 Å². The van der Waals surface area contributed by atoms with E-state index in [4.69, 9.17) is 4.42 Å². The van der Waals surface area contributed by atoms with Crippen LogP contribution in [0.5, 0.6) is 5.75 Å². The number of fused-ring (bicyclic) bond motifs is 1. The van der Waals surface area contributed by atoms with Crippen molar-refractivity contribution in [2.45, 2.75) is 38.5 Å². The second-order valence-corrected chi connectivity index (χ2v) is 7.47. The van der Waals surface area contributed by atoms with Crippen LogP contribution in [0, 0.1) is 23.7 Å². The molecule has 4 fully saturated rings. The fourth-order valence-corrected chi connectivity index (χ4v) is 5.32. The average molecular weight is 295 g/mol. The van der Waals surface area contributed by atoms with Crippen LogP contribution in [0.4, 0.5) is 0 Å². The van der Waals surface area contributed by atoms with E-state index in [-0.39, 0.29) is 5.75 Å². The quantitative estimate of drug-likeness (QED) is 0.832. The molecule has 0 radical (unpaired) electrons. The zero-order chi connectivity index (χ0) is 14.7. The second kappa shape index (κ2) is 4.61. The fourth-order valence-electron chi connectivity index (χ4n) is 5.32.